The van der Waals surface area contributed by atoms with Gasteiger partial charge in [-0.1, -0.05) is 12.8 Å². The maximum atomic E-state index is 9.70. The van der Waals surface area contributed by atoms with Crippen molar-refractivity contribution in [3.63, 3.8) is 0 Å². The first-order chi connectivity index (χ1) is 3.27. The van der Waals surface area contributed by atoms with Crippen molar-refractivity contribution in [2.75, 3.05) is 0 Å². The zero-order valence-electron chi connectivity index (χ0n) is 4.12. The largest absolute Gasteiger partial charge is 0.314 e. The first-order valence-electron chi connectivity index (χ1n) is 2.01. The third-order valence-corrected chi connectivity index (χ3v) is 0.379. The lowest BCUT2D eigenvalue weighted by Gasteiger charge is -1.66. The Morgan fingerprint density at radius 1 is 1.86 bits per heavy atom. The van der Waals surface area contributed by atoms with Crippen molar-refractivity contribution in [3.8, 4) is 11.8 Å². The van der Waals surface area contributed by atoms with Crippen LogP contribution in [0.25, 0.3) is 0 Å². The van der Waals surface area contributed by atoms with E-state index in [0.29, 0.717) is 6.42 Å². The van der Waals surface area contributed by atoms with Crippen LogP contribution in [-0.2, 0) is 4.79 Å². The molecule has 0 rings (SSSR count). The predicted octanol–water partition coefficient (Wildman–Crippen LogP) is 0.209. The molecule has 2 nitrogen and oxygen atoms in total. The molecule has 0 saturated heterocycles. The van der Waals surface area contributed by atoms with Crippen LogP contribution in [-0.4, -0.2) is 5.91 Å². The van der Waals surface area contributed by atoms with E-state index in [1.54, 1.807) is 0 Å². The molecule has 1 amide bonds. The minimum Gasteiger partial charge on any atom is -0.258 e. The van der Waals surface area contributed by atoms with Gasteiger partial charge in [0, 0.05) is 6.42 Å². The highest BCUT2D eigenvalue weighted by molar-refractivity contribution is 5.91. The molecule has 0 aromatic carbocycles. The Morgan fingerprint density at radius 3 is 2.57 bits per heavy atom. The van der Waals surface area contributed by atoms with Crippen LogP contribution < -0.4 is 5.73 Å². The molecule has 0 heterocycles. The standard InChI is InChI=1S/C5H6NO/c1-2-3-4-5(6)7/h6H,2H2,1H3. The minimum atomic E-state index is -0.804. The summed E-state index contributed by atoms with van der Waals surface area (Å²) in [6, 6.07) is 0. The second kappa shape index (κ2) is 3.23. The fraction of sp³-hybridized carbons (Fsp3) is 0.400. The van der Waals surface area contributed by atoms with Gasteiger partial charge in [0.2, 0.25) is 0 Å². The normalized spacial score (nSPS) is 6.43. The lowest BCUT2D eigenvalue weighted by molar-refractivity contribution is -0.113. The van der Waals surface area contributed by atoms with Crippen LogP contribution in [0.1, 0.15) is 13.3 Å². The van der Waals surface area contributed by atoms with E-state index in [4.69, 9.17) is 5.73 Å². The molecule has 1 radical (unpaired) electrons. The van der Waals surface area contributed by atoms with Crippen molar-refractivity contribution >= 4 is 5.91 Å². The van der Waals surface area contributed by atoms with Gasteiger partial charge in [0.05, 0.1) is 0 Å². The summed E-state index contributed by atoms with van der Waals surface area (Å²) in [5, 5.41) is 0. The van der Waals surface area contributed by atoms with Crippen LogP contribution in [0.2, 0.25) is 0 Å². The molecule has 1 N–H and O–H groups in total. The van der Waals surface area contributed by atoms with E-state index in [2.05, 4.69) is 11.8 Å². The second-order valence-corrected chi connectivity index (χ2v) is 0.984. The molecule has 0 bridgehead atoms. The number of carbonyl (C=O) groups excluding carboxylic acids is 1. The molecule has 0 unspecified atom stereocenters. The molecule has 7 heavy (non-hydrogen) atoms. The van der Waals surface area contributed by atoms with Crippen molar-refractivity contribution in [2.45, 2.75) is 13.3 Å². The molecule has 37 valence electrons. The van der Waals surface area contributed by atoms with Gasteiger partial charge in [-0.2, -0.15) is 0 Å². The summed E-state index contributed by atoms with van der Waals surface area (Å²) >= 11 is 0. The van der Waals surface area contributed by atoms with Gasteiger partial charge in [-0.25, -0.2) is 0 Å². The molecule has 2 heteroatoms. The Hall–Kier alpha value is -0.970. The molecule has 0 aliphatic carbocycles. The summed E-state index contributed by atoms with van der Waals surface area (Å²) in [6.07, 6.45) is 0.643. The predicted molar refractivity (Wildman–Crippen MR) is 26.2 cm³/mol. The monoisotopic (exact) mass is 96.0 g/mol. The summed E-state index contributed by atoms with van der Waals surface area (Å²) in [6.45, 7) is 1.83. The third-order valence-electron chi connectivity index (χ3n) is 0.379. The second-order valence-electron chi connectivity index (χ2n) is 0.984. The van der Waals surface area contributed by atoms with Crippen LogP contribution in [0.15, 0.2) is 0 Å². The van der Waals surface area contributed by atoms with E-state index in [1.165, 1.54) is 0 Å². The summed E-state index contributed by atoms with van der Waals surface area (Å²) in [4.78, 5) is 9.70. The molecule has 0 aliphatic rings. The fourth-order valence-corrected chi connectivity index (χ4v) is 0.169. The summed E-state index contributed by atoms with van der Waals surface area (Å²) in [5.41, 5.74) is 6.27. The topological polar surface area (TPSA) is 40.9 Å². The van der Waals surface area contributed by atoms with Gasteiger partial charge in [0.25, 0.3) is 0 Å². The Labute approximate surface area is 42.7 Å². The SMILES string of the molecule is CCC#CC([NH])=O. The lowest BCUT2D eigenvalue weighted by Crippen LogP contribution is -1.89. The average molecular weight is 96.1 g/mol. The molecule has 0 atom stereocenters. The van der Waals surface area contributed by atoms with Crippen molar-refractivity contribution in [2.24, 2.45) is 0 Å². The average Bonchev–Trinajstić information content (AvgIpc) is 1.61. The maximum Gasteiger partial charge on any atom is 0.314 e. The Morgan fingerprint density at radius 2 is 2.43 bits per heavy atom. The van der Waals surface area contributed by atoms with Gasteiger partial charge in [0.15, 0.2) is 0 Å². The number of amides is 1. The van der Waals surface area contributed by atoms with Gasteiger partial charge in [0.1, 0.15) is 0 Å². The van der Waals surface area contributed by atoms with Crippen LogP contribution in [0.3, 0.4) is 0 Å². The quantitative estimate of drug-likeness (QED) is 0.397. The highest BCUT2D eigenvalue weighted by Gasteiger charge is 1.76. The first-order valence-corrected chi connectivity index (χ1v) is 2.01. The number of rotatable bonds is 0. The molecule has 0 aromatic rings. The maximum absolute atomic E-state index is 9.70. The molecule has 0 aliphatic heterocycles. The molecule has 0 spiro atoms. The summed E-state index contributed by atoms with van der Waals surface area (Å²) < 4.78 is 0. The lowest BCUT2D eigenvalue weighted by atomic mass is 10.5. The van der Waals surface area contributed by atoms with Gasteiger partial charge in [-0.3, -0.25) is 10.5 Å². The number of hydrogen-bond acceptors (Lipinski definition) is 1. The van der Waals surface area contributed by atoms with Crippen molar-refractivity contribution < 1.29 is 4.79 Å². The van der Waals surface area contributed by atoms with Crippen molar-refractivity contribution in [3.05, 3.63) is 0 Å². The van der Waals surface area contributed by atoms with Crippen LogP contribution >= 0.6 is 0 Å². The Kier molecular flexibility index (Phi) is 2.78. The van der Waals surface area contributed by atoms with E-state index in [1.807, 2.05) is 6.92 Å². The number of carbonyl (C=O) groups is 1. The van der Waals surface area contributed by atoms with Crippen molar-refractivity contribution in [1.82, 2.24) is 5.73 Å². The summed E-state index contributed by atoms with van der Waals surface area (Å²) in [7, 11) is 0. The van der Waals surface area contributed by atoms with E-state index < -0.39 is 5.91 Å². The highest BCUT2D eigenvalue weighted by atomic mass is 16.1. The summed E-state index contributed by atoms with van der Waals surface area (Å²) in [5.74, 6) is 3.73. The van der Waals surface area contributed by atoms with Crippen LogP contribution in [0.4, 0.5) is 0 Å². The van der Waals surface area contributed by atoms with Gasteiger partial charge in [-0.05, 0) is 5.92 Å². The van der Waals surface area contributed by atoms with Crippen LogP contribution in [0.5, 0.6) is 0 Å². The zero-order valence-corrected chi connectivity index (χ0v) is 4.12. The number of hydrogen-bond donors (Lipinski definition) is 0. The highest BCUT2D eigenvalue weighted by Crippen LogP contribution is 1.64. The van der Waals surface area contributed by atoms with E-state index >= 15 is 0 Å². The molecule has 0 fully saturated rings. The molecule has 0 aromatic heterocycles. The van der Waals surface area contributed by atoms with Gasteiger partial charge < -0.3 is 0 Å². The Bertz CT molecular complexity index is 118. The molecule has 0 saturated carbocycles. The zero-order chi connectivity index (χ0) is 5.70. The molecular weight excluding hydrogens is 90.1 g/mol. The minimum absolute atomic E-state index is 0.643. The van der Waals surface area contributed by atoms with E-state index in [9.17, 15) is 4.79 Å². The Balaban J connectivity index is 3.45. The van der Waals surface area contributed by atoms with E-state index in [-0.39, 0.29) is 0 Å². The first kappa shape index (κ1) is 6.03. The van der Waals surface area contributed by atoms with Crippen LogP contribution in [0, 0.1) is 11.8 Å². The third kappa shape index (κ3) is 5.03. The smallest absolute Gasteiger partial charge is 0.258 e. The fourth-order valence-electron chi connectivity index (χ4n) is 0.169. The van der Waals surface area contributed by atoms with Gasteiger partial charge in [-0.15, -0.1) is 0 Å². The number of nitrogens with one attached hydrogen (secondary N) is 1. The van der Waals surface area contributed by atoms with Gasteiger partial charge >= 0.3 is 5.91 Å². The molecular formula is C5H6NO. The van der Waals surface area contributed by atoms with Crippen molar-refractivity contribution in [1.29, 1.82) is 0 Å². The van der Waals surface area contributed by atoms with E-state index in [0.717, 1.165) is 0 Å².